The third-order valence-electron chi connectivity index (χ3n) is 2.66. The van der Waals surface area contributed by atoms with E-state index in [2.05, 4.69) is 10.9 Å². The van der Waals surface area contributed by atoms with Crippen LogP contribution in [-0.4, -0.2) is 16.4 Å². The Morgan fingerprint density at radius 3 is 2.15 bits per heavy atom. The summed E-state index contributed by atoms with van der Waals surface area (Å²) >= 11 is 11.8. The van der Waals surface area contributed by atoms with E-state index in [1.807, 2.05) is 0 Å². The molecular weight excluding hydrogens is 301 g/mol. The van der Waals surface area contributed by atoms with Crippen LogP contribution in [0.4, 0.5) is 0 Å². The lowest BCUT2D eigenvalue weighted by Crippen LogP contribution is -2.42. The van der Waals surface area contributed by atoms with Crippen LogP contribution < -0.4 is 10.9 Å². The highest BCUT2D eigenvalue weighted by Gasteiger charge is 2.16. The highest BCUT2D eigenvalue weighted by atomic mass is 35.5. The zero-order valence-electron chi connectivity index (χ0n) is 10.5. The predicted octanol–water partition coefficient (Wildman–Crippen LogP) is 2.41. The molecule has 0 aliphatic rings. The van der Waals surface area contributed by atoms with Gasteiger partial charge in [0.1, 0.15) is 5.69 Å². The molecule has 2 rings (SSSR count). The van der Waals surface area contributed by atoms with E-state index in [-0.39, 0.29) is 15.6 Å². The minimum absolute atomic E-state index is 0.114. The van der Waals surface area contributed by atoms with Crippen LogP contribution in [-0.2, 0) is 7.05 Å². The van der Waals surface area contributed by atoms with Crippen molar-refractivity contribution in [1.82, 2.24) is 15.4 Å². The molecule has 0 bridgehead atoms. The first-order valence-electron chi connectivity index (χ1n) is 5.66. The first-order chi connectivity index (χ1) is 9.50. The van der Waals surface area contributed by atoms with Gasteiger partial charge in [0.2, 0.25) is 0 Å². The molecule has 0 radical (unpaired) electrons. The Kier molecular flexibility index (Phi) is 4.32. The van der Waals surface area contributed by atoms with Gasteiger partial charge >= 0.3 is 0 Å². The van der Waals surface area contributed by atoms with Gasteiger partial charge in [-0.3, -0.25) is 20.4 Å². The van der Waals surface area contributed by atoms with Crippen LogP contribution in [0.1, 0.15) is 20.8 Å². The Morgan fingerprint density at radius 2 is 1.60 bits per heavy atom. The molecule has 104 valence electrons. The van der Waals surface area contributed by atoms with Crippen molar-refractivity contribution in [2.24, 2.45) is 7.05 Å². The summed E-state index contributed by atoms with van der Waals surface area (Å²) in [5.41, 5.74) is 5.10. The maximum absolute atomic E-state index is 11.9. The quantitative estimate of drug-likeness (QED) is 0.837. The van der Waals surface area contributed by atoms with E-state index in [0.29, 0.717) is 5.69 Å². The number of aromatic nitrogens is 1. The van der Waals surface area contributed by atoms with E-state index >= 15 is 0 Å². The summed E-state index contributed by atoms with van der Waals surface area (Å²) in [7, 11) is 1.72. The third-order valence-corrected chi connectivity index (χ3v) is 3.29. The van der Waals surface area contributed by atoms with Gasteiger partial charge in [-0.15, -0.1) is 0 Å². The van der Waals surface area contributed by atoms with Gasteiger partial charge in [-0.25, -0.2) is 0 Å². The largest absolute Gasteiger partial charge is 0.347 e. The van der Waals surface area contributed by atoms with Crippen LogP contribution in [0.2, 0.25) is 10.0 Å². The second-order valence-corrected chi connectivity index (χ2v) is 4.82. The molecule has 2 amide bonds. The maximum atomic E-state index is 11.9. The first kappa shape index (κ1) is 14.4. The normalized spacial score (nSPS) is 10.2. The number of carbonyl (C=O) groups excluding carboxylic acids is 2. The molecule has 0 spiro atoms. The standard InChI is InChI=1S/C13H11Cl2N3O2/c1-18-7-3-6-10(18)12(19)16-17-13(20)11-8(14)4-2-5-9(11)15/h2-7H,1H3,(H,16,19)(H,17,20). The lowest BCUT2D eigenvalue weighted by molar-refractivity contribution is 0.0842. The van der Waals surface area contributed by atoms with E-state index < -0.39 is 11.8 Å². The fraction of sp³-hybridized carbons (Fsp3) is 0.0769. The molecule has 0 fully saturated rings. The molecule has 1 aromatic carbocycles. The summed E-state index contributed by atoms with van der Waals surface area (Å²) in [4.78, 5) is 23.8. The van der Waals surface area contributed by atoms with E-state index in [4.69, 9.17) is 23.2 Å². The minimum atomic E-state index is -0.580. The molecule has 2 N–H and O–H groups in total. The summed E-state index contributed by atoms with van der Waals surface area (Å²) < 4.78 is 1.63. The van der Waals surface area contributed by atoms with Crippen molar-refractivity contribution in [1.29, 1.82) is 0 Å². The fourth-order valence-corrected chi connectivity index (χ4v) is 2.22. The van der Waals surface area contributed by atoms with Crippen LogP contribution in [0.15, 0.2) is 36.5 Å². The number of hydrogen-bond acceptors (Lipinski definition) is 2. The number of hydrazine groups is 1. The number of rotatable bonds is 2. The molecule has 2 aromatic rings. The van der Waals surface area contributed by atoms with Crippen molar-refractivity contribution in [3.63, 3.8) is 0 Å². The maximum Gasteiger partial charge on any atom is 0.286 e. The molecule has 1 aromatic heterocycles. The number of nitrogens with one attached hydrogen (secondary N) is 2. The van der Waals surface area contributed by atoms with Gasteiger partial charge in [-0.1, -0.05) is 29.3 Å². The van der Waals surface area contributed by atoms with Crippen molar-refractivity contribution in [3.8, 4) is 0 Å². The van der Waals surface area contributed by atoms with E-state index in [1.165, 1.54) is 0 Å². The van der Waals surface area contributed by atoms with E-state index in [0.717, 1.165) is 0 Å². The van der Waals surface area contributed by atoms with Crippen molar-refractivity contribution < 1.29 is 9.59 Å². The van der Waals surface area contributed by atoms with Gasteiger partial charge in [-0.05, 0) is 24.3 Å². The summed E-state index contributed by atoms with van der Waals surface area (Å²) in [6, 6.07) is 8.07. The summed E-state index contributed by atoms with van der Waals surface area (Å²) in [5, 5.41) is 0.422. The van der Waals surface area contributed by atoms with Crippen LogP contribution >= 0.6 is 23.2 Å². The Hall–Kier alpha value is -1.98. The zero-order valence-corrected chi connectivity index (χ0v) is 12.0. The monoisotopic (exact) mass is 311 g/mol. The summed E-state index contributed by atoms with van der Waals surface area (Å²) in [6.45, 7) is 0. The van der Waals surface area contributed by atoms with Crippen LogP contribution in [0.25, 0.3) is 0 Å². The van der Waals surface area contributed by atoms with Crippen molar-refractivity contribution in [3.05, 3.63) is 57.8 Å². The molecule has 0 saturated heterocycles. The number of hydrogen-bond donors (Lipinski definition) is 2. The summed E-state index contributed by atoms with van der Waals surface area (Å²) in [5.74, 6) is -1.02. The van der Waals surface area contributed by atoms with Crippen LogP contribution in [0, 0.1) is 0 Å². The van der Waals surface area contributed by atoms with E-state index in [9.17, 15) is 9.59 Å². The molecule has 0 saturated carbocycles. The van der Waals surface area contributed by atoms with E-state index in [1.54, 1.807) is 48.1 Å². The second kappa shape index (κ2) is 5.98. The molecular formula is C13H11Cl2N3O2. The molecule has 0 unspecified atom stereocenters. The molecule has 0 aliphatic carbocycles. The van der Waals surface area contributed by atoms with Gasteiger partial charge in [0.15, 0.2) is 0 Å². The van der Waals surface area contributed by atoms with Crippen molar-refractivity contribution >= 4 is 35.0 Å². The third kappa shape index (κ3) is 2.95. The fourth-order valence-electron chi connectivity index (χ4n) is 1.65. The SMILES string of the molecule is Cn1cccc1C(=O)NNC(=O)c1c(Cl)cccc1Cl. The first-order valence-corrected chi connectivity index (χ1v) is 6.42. The molecule has 5 nitrogen and oxygen atoms in total. The van der Waals surface area contributed by atoms with Gasteiger partial charge in [0, 0.05) is 13.2 Å². The number of benzene rings is 1. The molecule has 20 heavy (non-hydrogen) atoms. The molecule has 0 atom stereocenters. The Balaban J connectivity index is 2.06. The highest BCUT2D eigenvalue weighted by Crippen LogP contribution is 2.23. The zero-order chi connectivity index (χ0) is 14.7. The lowest BCUT2D eigenvalue weighted by Gasteiger charge is -2.10. The molecule has 1 heterocycles. The second-order valence-electron chi connectivity index (χ2n) is 4.01. The Bertz CT molecular complexity index is 647. The molecule has 7 heteroatoms. The van der Waals surface area contributed by atoms with Gasteiger partial charge < -0.3 is 4.57 Å². The van der Waals surface area contributed by atoms with Crippen molar-refractivity contribution in [2.45, 2.75) is 0 Å². The van der Waals surface area contributed by atoms with Crippen molar-refractivity contribution in [2.75, 3.05) is 0 Å². The number of nitrogens with zero attached hydrogens (tertiary/aromatic N) is 1. The topological polar surface area (TPSA) is 63.1 Å². The number of amides is 2. The van der Waals surface area contributed by atoms with Gasteiger partial charge in [0.25, 0.3) is 11.8 Å². The molecule has 0 aliphatic heterocycles. The van der Waals surface area contributed by atoms with Crippen LogP contribution in [0.3, 0.4) is 0 Å². The van der Waals surface area contributed by atoms with Crippen LogP contribution in [0.5, 0.6) is 0 Å². The number of halogens is 2. The van der Waals surface area contributed by atoms with Gasteiger partial charge in [0.05, 0.1) is 15.6 Å². The Morgan fingerprint density at radius 1 is 1.00 bits per heavy atom. The average molecular weight is 312 g/mol. The number of aryl methyl sites for hydroxylation is 1. The highest BCUT2D eigenvalue weighted by molar-refractivity contribution is 6.39. The predicted molar refractivity (Wildman–Crippen MR) is 76.8 cm³/mol. The Labute approximate surface area is 125 Å². The average Bonchev–Trinajstić information content (AvgIpc) is 2.82. The lowest BCUT2D eigenvalue weighted by atomic mass is 10.2. The smallest absolute Gasteiger partial charge is 0.286 e. The summed E-state index contributed by atoms with van der Waals surface area (Å²) in [6.07, 6.45) is 1.72. The van der Waals surface area contributed by atoms with Gasteiger partial charge in [-0.2, -0.15) is 0 Å². The minimum Gasteiger partial charge on any atom is -0.347 e. The number of carbonyl (C=O) groups is 2.